The lowest BCUT2D eigenvalue weighted by atomic mass is 10.1. The Labute approximate surface area is 233 Å². The van der Waals surface area contributed by atoms with Crippen LogP contribution in [0.4, 0.5) is 13.2 Å². The van der Waals surface area contributed by atoms with E-state index in [4.69, 9.17) is 4.74 Å². The molecule has 7 nitrogen and oxygen atoms in total. The number of benzene rings is 2. The standard InChI is InChI=1S/C29H33F3N4O3S/c30-29(31,32)25-6-8-28(9-7-25)40(37,38)36-13-10-26(11-14-36)39-27-5-1-3-23(19-27)21-34-15-17-35(18-16-34)22-24-4-2-12-33-20-24/h1-9,12,19-20,26H,10-11,13-18,21-22H2. The van der Waals surface area contributed by atoms with Gasteiger partial charge in [-0.1, -0.05) is 18.2 Å². The van der Waals surface area contributed by atoms with E-state index in [2.05, 4.69) is 26.9 Å². The fourth-order valence-electron chi connectivity index (χ4n) is 5.18. The Hall–Kier alpha value is -2.99. The zero-order valence-corrected chi connectivity index (χ0v) is 22.9. The molecule has 0 unspecified atom stereocenters. The molecule has 2 aliphatic heterocycles. The van der Waals surface area contributed by atoms with Crippen molar-refractivity contribution in [3.8, 4) is 5.75 Å². The van der Waals surface area contributed by atoms with E-state index in [9.17, 15) is 21.6 Å². The van der Waals surface area contributed by atoms with Gasteiger partial charge >= 0.3 is 6.18 Å². The molecule has 40 heavy (non-hydrogen) atoms. The summed E-state index contributed by atoms with van der Waals surface area (Å²) in [6.07, 6.45) is 0.0708. The molecule has 0 bridgehead atoms. The van der Waals surface area contributed by atoms with Gasteiger partial charge in [-0.3, -0.25) is 14.8 Å². The highest BCUT2D eigenvalue weighted by Gasteiger charge is 2.33. The van der Waals surface area contributed by atoms with Gasteiger partial charge in [-0.2, -0.15) is 17.5 Å². The average Bonchev–Trinajstić information content (AvgIpc) is 2.95. The molecule has 0 saturated carbocycles. The first kappa shape index (κ1) is 28.5. The summed E-state index contributed by atoms with van der Waals surface area (Å²) in [5.41, 5.74) is 1.52. The van der Waals surface area contributed by atoms with Crippen LogP contribution in [-0.4, -0.2) is 72.9 Å². The molecule has 0 radical (unpaired) electrons. The SMILES string of the molecule is O=S(=O)(c1ccc(C(F)(F)F)cc1)N1CCC(Oc2cccc(CN3CCN(Cc4cccnc4)CC3)c2)CC1. The van der Waals surface area contributed by atoms with Crippen LogP contribution in [0.2, 0.25) is 0 Å². The Morgan fingerprint density at radius 2 is 1.45 bits per heavy atom. The van der Waals surface area contributed by atoms with Gasteiger partial charge in [-0.25, -0.2) is 8.42 Å². The van der Waals surface area contributed by atoms with Gasteiger partial charge in [0.05, 0.1) is 10.5 Å². The molecule has 11 heteroatoms. The first-order valence-corrected chi connectivity index (χ1v) is 14.9. The molecule has 0 N–H and O–H groups in total. The molecule has 0 aliphatic carbocycles. The summed E-state index contributed by atoms with van der Waals surface area (Å²) in [4.78, 5) is 8.94. The highest BCUT2D eigenvalue weighted by atomic mass is 32.2. The Kier molecular flexibility index (Phi) is 8.74. The minimum atomic E-state index is -4.51. The van der Waals surface area contributed by atoms with Gasteiger partial charge in [0.2, 0.25) is 10.0 Å². The number of ether oxygens (including phenoxy) is 1. The molecular formula is C29H33F3N4O3S. The molecule has 0 spiro atoms. The molecule has 2 aliphatic rings. The van der Waals surface area contributed by atoms with Crippen molar-refractivity contribution in [2.24, 2.45) is 0 Å². The maximum atomic E-state index is 13.0. The highest BCUT2D eigenvalue weighted by molar-refractivity contribution is 7.89. The van der Waals surface area contributed by atoms with Gasteiger partial charge in [-0.15, -0.1) is 0 Å². The molecule has 3 heterocycles. The topological polar surface area (TPSA) is 66.0 Å². The van der Waals surface area contributed by atoms with E-state index in [1.54, 1.807) is 6.20 Å². The summed E-state index contributed by atoms with van der Waals surface area (Å²) >= 11 is 0. The molecule has 2 saturated heterocycles. The van der Waals surface area contributed by atoms with Gasteiger partial charge in [0.25, 0.3) is 0 Å². The number of pyridine rings is 1. The van der Waals surface area contributed by atoms with Crippen molar-refractivity contribution >= 4 is 10.0 Å². The lowest BCUT2D eigenvalue weighted by Gasteiger charge is -2.34. The van der Waals surface area contributed by atoms with Crippen molar-refractivity contribution in [3.05, 3.63) is 89.7 Å². The van der Waals surface area contributed by atoms with Gasteiger partial charge in [-0.05, 0) is 66.4 Å². The number of hydrogen-bond acceptors (Lipinski definition) is 6. The fraction of sp³-hybridized carbons (Fsp3) is 0.414. The number of piperidine rings is 1. The lowest BCUT2D eigenvalue weighted by Crippen LogP contribution is -2.45. The van der Waals surface area contributed by atoms with Crippen LogP contribution >= 0.6 is 0 Å². The first-order chi connectivity index (χ1) is 19.2. The predicted molar refractivity (Wildman–Crippen MR) is 145 cm³/mol. The number of piperazine rings is 1. The van der Waals surface area contributed by atoms with Gasteiger partial charge in [0.1, 0.15) is 11.9 Å². The monoisotopic (exact) mass is 574 g/mol. The van der Waals surface area contributed by atoms with Crippen molar-refractivity contribution in [2.75, 3.05) is 39.3 Å². The van der Waals surface area contributed by atoms with E-state index < -0.39 is 21.8 Å². The quantitative estimate of drug-likeness (QED) is 0.390. The number of hydrogen-bond donors (Lipinski definition) is 0. The number of aromatic nitrogens is 1. The first-order valence-electron chi connectivity index (χ1n) is 13.4. The highest BCUT2D eigenvalue weighted by Crippen LogP contribution is 2.31. The van der Waals surface area contributed by atoms with Crippen LogP contribution in [0.15, 0.2) is 78.0 Å². The van der Waals surface area contributed by atoms with Crippen LogP contribution in [-0.2, 0) is 29.3 Å². The second-order valence-electron chi connectivity index (χ2n) is 10.3. The third kappa shape index (κ3) is 7.20. The molecule has 5 rings (SSSR count). The van der Waals surface area contributed by atoms with Crippen molar-refractivity contribution < 1.29 is 26.3 Å². The summed E-state index contributed by atoms with van der Waals surface area (Å²) in [6, 6.07) is 15.8. The molecule has 3 aromatic rings. The van der Waals surface area contributed by atoms with Gasteiger partial charge in [0, 0.05) is 64.8 Å². The van der Waals surface area contributed by atoms with E-state index in [1.165, 1.54) is 15.4 Å². The van der Waals surface area contributed by atoms with Gasteiger partial charge < -0.3 is 4.74 Å². The third-order valence-electron chi connectivity index (χ3n) is 7.42. The Balaban J connectivity index is 1.09. The van der Waals surface area contributed by atoms with Crippen LogP contribution in [0.3, 0.4) is 0 Å². The molecular weight excluding hydrogens is 541 g/mol. The van der Waals surface area contributed by atoms with Crippen molar-refractivity contribution in [2.45, 2.75) is 43.1 Å². The van der Waals surface area contributed by atoms with Crippen LogP contribution in [0, 0.1) is 0 Å². The number of halogens is 3. The number of rotatable bonds is 8. The van der Waals surface area contributed by atoms with E-state index in [0.717, 1.165) is 69.3 Å². The predicted octanol–water partition coefficient (Wildman–Crippen LogP) is 4.65. The summed E-state index contributed by atoms with van der Waals surface area (Å²) in [5.74, 6) is 0.761. The molecule has 0 amide bonds. The number of nitrogens with zero attached hydrogens (tertiary/aromatic N) is 4. The number of alkyl halides is 3. The van der Waals surface area contributed by atoms with Crippen molar-refractivity contribution in [3.63, 3.8) is 0 Å². The zero-order valence-electron chi connectivity index (χ0n) is 22.1. The third-order valence-corrected chi connectivity index (χ3v) is 9.33. The van der Waals surface area contributed by atoms with Crippen LogP contribution in [0.5, 0.6) is 5.75 Å². The minimum absolute atomic E-state index is 0.134. The normalized spacial score (nSPS) is 18.6. The maximum absolute atomic E-state index is 13.0. The lowest BCUT2D eigenvalue weighted by molar-refractivity contribution is -0.137. The molecule has 2 aromatic carbocycles. The summed E-state index contributed by atoms with van der Waals surface area (Å²) in [6.45, 7) is 6.21. The van der Waals surface area contributed by atoms with E-state index in [-0.39, 0.29) is 24.1 Å². The van der Waals surface area contributed by atoms with Crippen LogP contribution in [0.25, 0.3) is 0 Å². The number of sulfonamides is 1. The Morgan fingerprint density at radius 1 is 0.825 bits per heavy atom. The second kappa shape index (κ2) is 12.3. The zero-order chi connectivity index (χ0) is 28.2. The van der Waals surface area contributed by atoms with E-state index >= 15 is 0 Å². The smallest absolute Gasteiger partial charge is 0.416 e. The molecule has 0 atom stereocenters. The van der Waals surface area contributed by atoms with Crippen molar-refractivity contribution in [1.29, 1.82) is 0 Å². The largest absolute Gasteiger partial charge is 0.490 e. The van der Waals surface area contributed by atoms with E-state index in [1.807, 2.05) is 30.5 Å². The summed E-state index contributed by atoms with van der Waals surface area (Å²) in [7, 11) is -3.87. The van der Waals surface area contributed by atoms with Crippen molar-refractivity contribution in [1.82, 2.24) is 19.1 Å². The Morgan fingerprint density at radius 3 is 2.05 bits per heavy atom. The van der Waals surface area contributed by atoms with Crippen LogP contribution in [0.1, 0.15) is 29.5 Å². The molecule has 214 valence electrons. The Bertz CT molecular complexity index is 1360. The maximum Gasteiger partial charge on any atom is 0.416 e. The fourth-order valence-corrected chi connectivity index (χ4v) is 6.65. The summed E-state index contributed by atoms with van der Waals surface area (Å²) in [5, 5.41) is 0. The van der Waals surface area contributed by atoms with E-state index in [0.29, 0.717) is 12.8 Å². The summed E-state index contributed by atoms with van der Waals surface area (Å²) < 4.78 is 71.9. The second-order valence-corrected chi connectivity index (χ2v) is 12.2. The minimum Gasteiger partial charge on any atom is -0.490 e. The average molecular weight is 575 g/mol. The molecule has 1 aromatic heterocycles. The van der Waals surface area contributed by atoms with Gasteiger partial charge in [0.15, 0.2) is 0 Å². The molecule has 2 fully saturated rings. The van der Waals surface area contributed by atoms with Crippen LogP contribution < -0.4 is 4.74 Å².